The number of hydrogen-bond donors (Lipinski definition) is 2. The number of halogens is 1. The molecule has 2 aromatic carbocycles. The molecule has 126 valence electrons. The fourth-order valence-electron chi connectivity index (χ4n) is 2.35. The molecule has 0 aliphatic rings. The van der Waals surface area contributed by atoms with Crippen LogP contribution < -0.4 is 11.1 Å². The first-order valence-electron chi connectivity index (χ1n) is 7.40. The zero-order valence-electron chi connectivity index (χ0n) is 13.5. The molecule has 2 rings (SSSR count). The van der Waals surface area contributed by atoms with E-state index in [4.69, 9.17) is 10.5 Å². The van der Waals surface area contributed by atoms with Crippen molar-refractivity contribution in [3.8, 4) is 0 Å². The summed E-state index contributed by atoms with van der Waals surface area (Å²) in [6.45, 7) is 3.51. The first kappa shape index (κ1) is 17.5. The fourth-order valence-corrected chi connectivity index (χ4v) is 2.35. The Kier molecular flexibility index (Phi) is 5.18. The molecule has 0 aliphatic carbocycles. The number of anilines is 1. The summed E-state index contributed by atoms with van der Waals surface area (Å²) < 4.78 is 18.6. The van der Waals surface area contributed by atoms with Crippen molar-refractivity contribution in [1.82, 2.24) is 0 Å². The number of nitrogens with two attached hydrogens (primary N) is 1. The van der Waals surface area contributed by atoms with Gasteiger partial charge < -0.3 is 15.8 Å². The van der Waals surface area contributed by atoms with E-state index < -0.39 is 23.4 Å². The molecule has 0 fully saturated rings. The summed E-state index contributed by atoms with van der Waals surface area (Å²) in [6, 6.07) is 12.8. The van der Waals surface area contributed by atoms with Gasteiger partial charge in [0.2, 0.25) is 0 Å². The average Bonchev–Trinajstić information content (AvgIpc) is 2.48. The van der Waals surface area contributed by atoms with Crippen LogP contribution in [0.1, 0.15) is 29.8 Å². The molecular formula is C18H19FN2O3. The van der Waals surface area contributed by atoms with Crippen LogP contribution in [0.5, 0.6) is 0 Å². The third-order valence-electron chi connectivity index (χ3n) is 3.34. The Morgan fingerprint density at radius 2 is 1.75 bits per heavy atom. The van der Waals surface area contributed by atoms with Crippen LogP contribution in [0.2, 0.25) is 0 Å². The van der Waals surface area contributed by atoms with Gasteiger partial charge in [-0.25, -0.2) is 9.18 Å². The maximum atomic E-state index is 13.6. The molecule has 0 bridgehead atoms. The van der Waals surface area contributed by atoms with E-state index in [1.54, 1.807) is 44.2 Å². The number of carbonyl (C=O) groups is 2. The summed E-state index contributed by atoms with van der Waals surface area (Å²) in [4.78, 5) is 22.9. The smallest absolute Gasteiger partial charge is 0.405 e. The Bertz CT molecular complexity index is 742. The van der Waals surface area contributed by atoms with Crippen LogP contribution in [0.4, 0.5) is 14.9 Å². The zero-order chi connectivity index (χ0) is 17.7. The Morgan fingerprint density at radius 1 is 1.12 bits per heavy atom. The SMILES string of the molecule is CC(C)(Cc1ccc(NC(=O)c2ccccc2F)cc1)OC(N)=O. The second-order valence-corrected chi connectivity index (χ2v) is 5.99. The number of benzene rings is 2. The van der Waals surface area contributed by atoms with E-state index >= 15 is 0 Å². The Balaban J connectivity index is 2.03. The van der Waals surface area contributed by atoms with Crippen LogP contribution in [-0.4, -0.2) is 17.6 Å². The highest BCUT2D eigenvalue weighted by Crippen LogP contribution is 2.19. The summed E-state index contributed by atoms with van der Waals surface area (Å²) in [5.74, 6) is -1.09. The minimum absolute atomic E-state index is 0.0161. The van der Waals surface area contributed by atoms with Crippen LogP contribution in [0.3, 0.4) is 0 Å². The highest BCUT2D eigenvalue weighted by atomic mass is 19.1. The molecule has 6 heteroatoms. The van der Waals surface area contributed by atoms with Gasteiger partial charge in [-0.05, 0) is 43.7 Å². The van der Waals surface area contributed by atoms with E-state index in [1.807, 2.05) is 0 Å². The van der Waals surface area contributed by atoms with Crippen molar-refractivity contribution in [3.63, 3.8) is 0 Å². The first-order valence-corrected chi connectivity index (χ1v) is 7.40. The van der Waals surface area contributed by atoms with Crippen molar-refractivity contribution in [3.05, 3.63) is 65.5 Å². The van der Waals surface area contributed by atoms with Crippen molar-refractivity contribution in [1.29, 1.82) is 0 Å². The Labute approximate surface area is 139 Å². The fraction of sp³-hybridized carbons (Fsp3) is 0.222. The molecule has 0 aromatic heterocycles. The van der Waals surface area contributed by atoms with Crippen molar-refractivity contribution in [2.75, 3.05) is 5.32 Å². The van der Waals surface area contributed by atoms with Gasteiger partial charge >= 0.3 is 6.09 Å². The minimum Gasteiger partial charge on any atom is -0.443 e. The van der Waals surface area contributed by atoms with E-state index in [2.05, 4.69) is 5.32 Å². The number of hydrogen-bond acceptors (Lipinski definition) is 3. The van der Waals surface area contributed by atoms with Crippen molar-refractivity contribution in [2.24, 2.45) is 5.73 Å². The highest BCUT2D eigenvalue weighted by Gasteiger charge is 2.22. The third-order valence-corrected chi connectivity index (χ3v) is 3.34. The molecule has 5 nitrogen and oxygen atoms in total. The molecule has 0 saturated carbocycles. The molecule has 0 unspecified atom stereocenters. The van der Waals surface area contributed by atoms with Crippen molar-refractivity contribution in [2.45, 2.75) is 25.9 Å². The third kappa shape index (κ3) is 4.81. The summed E-state index contributed by atoms with van der Waals surface area (Å²) >= 11 is 0. The van der Waals surface area contributed by atoms with Gasteiger partial charge in [-0.3, -0.25) is 4.79 Å². The Hall–Kier alpha value is -2.89. The molecule has 2 aromatic rings. The lowest BCUT2D eigenvalue weighted by molar-refractivity contribution is 0.0460. The van der Waals surface area contributed by atoms with Gasteiger partial charge in [0, 0.05) is 12.1 Å². The number of carbonyl (C=O) groups excluding carboxylic acids is 2. The molecule has 0 radical (unpaired) electrons. The molecular weight excluding hydrogens is 311 g/mol. The predicted octanol–water partition coefficient (Wildman–Crippen LogP) is 3.49. The van der Waals surface area contributed by atoms with Gasteiger partial charge in [0.1, 0.15) is 11.4 Å². The number of amides is 2. The lowest BCUT2D eigenvalue weighted by atomic mass is 9.98. The summed E-state index contributed by atoms with van der Waals surface area (Å²) in [5.41, 5.74) is 5.74. The van der Waals surface area contributed by atoms with Gasteiger partial charge in [-0.15, -0.1) is 0 Å². The second kappa shape index (κ2) is 7.12. The van der Waals surface area contributed by atoms with Crippen LogP contribution in [0, 0.1) is 5.82 Å². The normalized spacial score (nSPS) is 11.0. The predicted molar refractivity (Wildman–Crippen MR) is 89.2 cm³/mol. The summed E-state index contributed by atoms with van der Waals surface area (Å²) in [7, 11) is 0. The molecule has 0 aliphatic heterocycles. The zero-order valence-corrected chi connectivity index (χ0v) is 13.5. The van der Waals surface area contributed by atoms with E-state index in [0.717, 1.165) is 5.56 Å². The molecule has 0 spiro atoms. The van der Waals surface area contributed by atoms with Crippen molar-refractivity contribution < 1.29 is 18.7 Å². The molecule has 3 N–H and O–H groups in total. The molecule has 0 atom stereocenters. The van der Waals surface area contributed by atoms with Gasteiger partial charge in [0.05, 0.1) is 5.56 Å². The first-order chi connectivity index (χ1) is 11.3. The number of ether oxygens (including phenoxy) is 1. The highest BCUT2D eigenvalue weighted by molar-refractivity contribution is 6.04. The van der Waals surface area contributed by atoms with Gasteiger partial charge in [0.15, 0.2) is 0 Å². The molecule has 0 saturated heterocycles. The lowest BCUT2D eigenvalue weighted by Crippen LogP contribution is -2.33. The number of primary amides is 1. The van der Waals surface area contributed by atoms with Crippen molar-refractivity contribution >= 4 is 17.7 Å². The summed E-state index contributed by atoms with van der Waals surface area (Å²) in [5, 5.41) is 2.64. The van der Waals surface area contributed by atoms with Crippen LogP contribution in [0.15, 0.2) is 48.5 Å². The minimum atomic E-state index is -0.825. The van der Waals surface area contributed by atoms with Crippen LogP contribution >= 0.6 is 0 Å². The van der Waals surface area contributed by atoms with E-state index in [-0.39, 0.29) is 5.56 Å². The van der Waals surface area contributed by atoms with E-state index in [0.29, 0.717) is 12.1 Å². The maximum absolute atomic E-state index is 13.6. The topological polar surface area (TPSA) is 81.4 Å². The van der Waals surface area contributed by atoms with Crippen LogP contribution in [-0.2, 0) is 11.2 Å². The maximum Gasteiger partial charge on any atom is 0.405 e. The largest absolute Gasteiger partial charge is 0.443 e. The second-order valence-electron chi connectivity index (χ2n) is 5.99. The summed E-state index contributed by atoms with van der Waals surface area (Å²) in [6.07, 6.45) is -0.355. The quantitative estimate of drug-likeness (QED) is 0.880. The van der Waals surface area contributed by atoms with Gasteiger partial charge in [-0.1, -0.05) is 24.3 Å². The molecule has 2 amide bonds. The molecule has 0 heterocycles. The Morgan fingerprint density at radius 3 is 2.33 bits per heavy atom. The van der Waals surface area contributed by atoms with Crippen LogP contribution in [0.25, 0.3) is 0 Å². The molecule has 24 heavy (non-hydrogen) atoms. The van der Waals surface area contributed by atoms with E-state index in [9.17, 15) is 14.0 Å². The van der Waals surface area contributed by atoms with Gasteiger partial charge in [0.25, 0.3) is 5.91 Å². The number of nitrogens with one attached hydrogen (secondary N) is 1. The monoisotopic (exact) mass is 330 g/mol. The number of rotatable bonds is 5. The standard InChI is InChI=1S/C18H19FN2O3/c1-18(2,24-17(20)23)11-12-7-9-13(10-8-12)21-16(22)14-5-3-4-6-15(14)19/h3-10H,11H2,1-2H3,(H2,20,23)(H,21,22). The average molecular weight is 330 g/mol. The van der Waals surface area contributed by atoms with E-state index in [1.165, 1.54) is 18.2 Å². The van der Waals surface area contributed by atoms with Gasteiger partial charge in [-0.2, -0.15) is 0 Å². The lowest BCUT2D eigenvalue weighted by Gasteiger charge is -2.24.